The molecule has 0 bridgehead atoms. The van der Waals surface area contributed by atoms with Gasteiger partial charge in [0.15, 0.2) is 0 Å². The second-order valence-corrected chi connectivity index (χ2v) is 4.47. The third kappa shape index (κ3) is 3.70. The monoisotopic (exact) mass is 328 g/mol. The van der Waals surface area contributed by atoms with E-state index in [1.807, 2.05) is 0 Å². The molecular formula is C19H15Rb. The van der Waals surface area contributed by atoms with Crippen LogP contribution in [0.1, 0.15) is 16.7 Å². The third-order valence-electron chi connectivity index (χ3n) is 3.19. The van der Waals surface area contributed by atoms with Crippen molar-refractivity contribution in [2.75, 3.05) is 0 Å². The quantitative estimate of drug-likeness (QED) is 0.507. The Labute approximate surface area is 169 Å². The molecule has 3 aromatic rings. The van der Waals surface area contributed by atoms with Crippen LogP contribution in [0.15, 0.2) is 91.0 Å². The Kier molecular flexibility index (Phi) is 6.24. The molecule has 0 saturated heterocycles. The minimum atomic E-state index is 0. The first-order valence-electron chi connectivity index (χ1n) is 6.48. The predicted octanol–water partition coefficient (Wildman–Crippen LogP) is 1.71. The minimum Gasteiger partial charge on any atom is -0.0999 e. The summed E-state index contributed by atoms with van der Waals surface area (Å²) >= 11 is 0. The van der Waals surface area contributed by atoms with Gasteiger partial charge in [0.1, 0.15) is 0 Å². The minimum absolute atomic E-state index is 0. The smallest absolute Gasteiger partial charge is 0.0999 e. The van der Waals surface area contributed by atoms with E-state index in [4.69, 9.17) is 0 Å². The summed E-state index contributed by atoms with van der Waals surface area (Å²) < 4.78 is 0. The van der Waals surface area contributed by atoms with Crippen molar-refractivity contribution in [2.45, 2.75) is 0 Å². The molecule has 0 spiro atoms. The SMILES string of the molecule is [Rb+].c1ccc([C-](c2ccccc2)c2ccccc2)cc1. The van der Waals surface area contributed by atoms with E-state index in [1.165, 1.54) is 22.6 Å². The van der Waals surface area contributed by atoms with Crippen molar-refractivity contribution >= 4 is 0 Å². The predicted molar refractivity (Wildman–Crippen MR) is 79.9 cm³/mol. The van der Waals surface area contributed by atoms with E-state index in [0.717, 1.165) is 0 Å². The fourth-order valence-corrected chi connectivity index (χ4v) is 2.31. The summed E-state index contributed by atoms with van der Waals surface area (Å²) in [5.41, 5.74) is 3.75. The summed E-state index contributed by atoms with van der Waals surface area (Å²) in [4.78, 5) is 0. The second-order valence-electron chi connectivity index (χ2n) is 4.47. The maximum atomic E-state index is 2.16. The Morgan fingerprint density at radius 3 is 0.900 bits per heavy atom. The molecule has 0 aliphatic heterocycles. The summed E-state index contributed by atoms with van der Waals surface area (Å²) in [6.45, 7) is 0. The molecule has 3 rings (SSSR count). The van der Waals surface area contributed by atoms with Crippen LogP contribution < -0.4 is 58.2 Å². The van der Waals surface area contributed by atoms with Crippen molar-refractivity contribution in [3.8, 4) is 0 Å². The molecule has 0 atom stereocenters. The molecule has 3 aromatic carbocycles. The summed E-state index contributed by atoms with van der Waals surface area (Å²) in [5.74, 6) is 1.28. The molecule has 0 amide bonds. The maximum Gasteiger partial charge on any atom is 1.00 e. The normalized spacial score (nSPS) is 9.60. The van der Waals surface area contributed by atoms with E-state index in [0.29, 0.717) is 0 Å². The Balaban J connectivity index is 0.00000147. The molecule has 0 aliphatic rings. The Morgan fingerprint density at radius 2 is 0.650 bits per heavy atom. The van der Waals surface area contributed by atoms with Crippen LogP contribution in [-0.2, 0) is 0 Å². The molecule has 0 aromatic heterocycles. The van der Waals surface area contributed by atoms with E-state index in [2.05, 4.69) is 91.0 Å². The molecule has 0 fully saturated rings. The van der Waals surface area contributed by atoms with Gasteiger partial charge in [-0.15, -0.1) is 0 Å². The Morgan fingerprint density at radius 1 is 0.400 bits per heavy atom. The van der Waals surface area contributed by atoms with Crippen LogP contribution in [0.2, 0.25) is 0 Å². The summed E-state index contributed by atoms with van der Waals surface area (Å²) in [6.07, 6.45) is 0. The van der Waals surface area contributed by atoms with E-state index < -0.39 is 0 Å². The zero-order valence-corrected chi connectivity index (χ0v) is 16.6. The Hall–Kier alpha value is -0.665. The summed E-state index contributed by atoms with van der Waals surface area (Å²) in [5, 5.41) is 0. The molecular weight excluding hydrogens is 314 g/mol. The van der Waals surface area contributed by atoms with Crippen LogP contribution in [0.4, 0.5) is 0 Å². The zero-order valence-electron chi connectivity index (χ0n) is 11.7. The van der Waals surface area contributed by atoms with E-state index in [-0.39, 0.29) is 58.2 Å². The van der Waals surface area contributed by atoms with Gasteiger partial charge in [0, 0.05) is 0 Å². The van der Waals surface area contributed by atoms with Gasteiger partial charge in [0.2, 0.25) is 0 Å². The van der Waals surface area contributed by atoms with Crippen LogP contribution >= 0.6 is 0 Å². The Bertz CT molecular complexity index is 524. The van der Waals surface area contributed by atoms with E-state index in [9.17, 15) is 0 Å². The molecule has 0 heterocycles. The number of benzene rings is 3. The van der Waals surface area contributed by atoms with Crippen LogP contribution in [0, 0.1) is 5.92 Å². The van der Waals surface area contributed by atoms with Crippen molar-refractivity contribution in [2.24, 2.45) is 0 Å². The van der Waals surface area contributed by atoms with Gasteiger partial charge < -0.3 is 0 Å². The summed E-state index contributed by atoms with van der Waals surface area (Å²) in [6, 6.07) is 31.6. The van der Waals surface area contributed by atoms with Crippen LogP contribution in [-0.4, -0.2) is 0 Å². The van der Waals surface area contributed by atoms with Crippen molar-refractivity contribution in [3.63, 3.8) is 0 Å². The van der Waals surface area contributed by atoms with Crippen molar-refractivity contribution in [1.29, 1.82) is 0 Å². The standard InChI is InChI=1S/C19H15.Rb/c1-4-10-16(11-5-1)19(17-12-6-2-7-13-17)18-14-8-3-9-15-18;/h1-15H;/q-1;+1. The topological polar surface area (TPSA) is 0 Å². The van der Waals surface area contributed by atoms with Gasteiger partial charge in [-0.25, -0.2) is 0 Å². The first kappa shape index (κ1) is 15.7. The average molecular weight is 329 g/mol. The average Bonchev–Trinajstić information content (AvgIpc) is 2.51. The van der Waals surface area contributed by atoms with Crippen molar-refractivity contribution in [1.82, 2.24) is 0 Å². The molecule has 0 radical (unpaired) electrons. The van der Waals surface area contributed by atoms with Crippen molar-refractivity contribution in [3.05, 3.63) is 114 Å². The van der Waals surface area contributed by atoms with Gasteiger partial charge >= 0.3 is 58.2 Å². The number of hydrogen-bond acceptors (Lipinski definition) is 0. The number of hydrogen-bond donors (Lipinski definition) is 0. The molecule has 0 unspecified atom stereocenters. The zero-order chi connectivity index (χ0) is 12.9. The fraction of sp³-hybridized carbons (Fsp3) is 0. The molecule has 92 valence electrons. The molecule has 0 nitrogen and oxygen atoms in total. The van der Waals surface area contributed by atoms with Gasteiger partial charge in [-0.1, -0.05) is 114 Å². The van der Waals surface area contributed by atoms with E-state index >= 15 is 0 Å². The van der Waals surface area contributed by atoms with Crippen LogP contribution in [0.25, 0.3) is 0 Å². The van der Waals surface area contributed by atoms with Gasteiger partial charge in [0.25, 0.3) is 0 Å². The molecule has 0 N–H and O–H groups in total. The molecule has 0 aliphatic carbocycles. The number of rotatable bonds is 3. The summed E-state index contributed by atoms with van der Waals surface area (Å²) in [7, 11) is 0. The first-order valence-corrected chi connectivity index (χ1v) is 6.48. The van der Waals surface area contributed by atoms with Crippen LogP contribution in [0.5, 0.6) is 0 Å². The maximum absolute atomic E-state index is 2.16. The molecule has 0 saturated carbocycles. The third-order valence-corrected chi connectivity index (χ3v) is 3.19. The first-order chi connectivity index (χ1) is 9.45. The fourth-order valence-electron chi connectivity index (χ4n) is 2.31. The van der Waals surface area contributed by atoms with Gasteiger partial charge in [-0.2, -0.15) is 0 Å². The van der Waals surface area contributed by atoms with E-state index in [1.54, 1.807) is 0 Å². The second kappa shape index (κ2) is 7.94. The van der Waals surface area contributed by atoms with Crippen LogP contribution in [0.3, 0.4) is 0 Å². The van der Waals surface area contributed by atoms with Gasteiger partial charge in [-0.3, -0.25) is 0 Å². The van der Waals surface area contributed by atoms with Gasteiger partial charge in [-0.05, 0) is 0 Å². The van der Waals surface area contributed by atoms with Gasteiger partial charge in [0.05, 0.1) is 0 Å². The van der Waals surface area contributed by atoms with Crippen molar-refractivity contribution < 1.29 is 58.2 Å². The largest absolute Gasteiger partial charge is 1.00 e. The molecule has 20 heavy (non-hydrogen) atoms. The molecule has 1 heteroatoms.